The summed E-state index contributed by atoms with van der Waals surface area (Å²) in [6, 6.07) is 18.8. The van der Waals surface area contributed by atoms with Crippen LogP contribution < -0.4 is 5.06 Å². The minimum atomic E-state index is -0.762. The van der Waals surface area contributed by atoms with Crippen molar-refractivity contribution in [1.29, 1.82) is 0 Å². The zero-order valence-electron chi connectivity index (χ0n) is 11.7. The van der Waals surface area contributed by atoms with Crippen LogP contribution in [0.3, 0.4) is 0 Å². The van der Waals surface area contributed by atoms with Crippen molar-refractivity contribution >= 4 is 28.9 Å². The van der Waals surface area contributed by atoms with Crippen LogP contribution >= 0.6 is 0 Å². The van der Waals surface area contributed by atoms with Gasteiger partial charge in [-0.05, 0) is 17.7 Å². The lowest BCUT2D eigenvalue weighted by molar-refractivity contribution is -0.135. The number of hydrogen-bond donors (Lipinski definition) is 1. The number of aromatic amines is 1. The second kappa shape index (κ2) is 6.24. The van der Waals surface area contributed by atoms with Crippen LogP contribution in [0.4, 0.5) is 5.82 Å². The lowest BCUT2D eigenvalue weighted by Gasteiger charge is -2.17. The minimum absolute atomic E-state index is 0.190. The van der Waals surface area contributed by atoms with E-state index < -0.39 is 5.91 Å². The number of carbonyl (C=O) groups excluding carboxylic acids is 2. The molecule has 22 heavy (non-hydrogen) atoms. The molecule has 0 aliphatic carbocycles. The molecule has 1 N–H and O–H groups in total. The molecule has 0 atom stereocenters. The highest BCUT2D eigenvalue weighted by Crippen LogP contribution is 2.22. The Morgan fingerprint density at radius 2 is 1.82 bits per heavy atom. The average Bonchev–Trinajstić information content (AvgIpc) is 2.99. The van der Waals surface area contributed by atoms with Gasteiger partial charge in [0.1, 0.15) is 12.4 Å². The molecule has 0 bridgehead atoms. The molecular weight excluding hydrogens is 280 g/mol. The Hall–Kier alpha value is -2.92. The van der Waals surface area contributed by atoms with Crippen LogP contribution in [0.1, 0.15) is 5.56 Å². The molecule has 0 aliphatic rings. The Morgan fingerprint density at radius 3 is 2.55 bits per heavy atom. The van der Waals surface area contributed by atoms with Gasteiger partial charge in [0, 0.05) is 10.9 Å². The smallest absolute Gasteiger partial charge is 0.316 e. The number of carbonyl (C=O) groups is 2. The van der Waals surface area contributed by atoms with E-state index in [1.54, 1.807) is 6.07 Å². The number of amides is 1. The van der Waals surface area contributed by atoms with Gasteiger partial charge in [-0.25, -0.2) is 0 Å². The summed E-state index contributed by atoms with van der Waals surface area (Å²) in [6.45, 7) is 0.190. The molecule has 1 heterocycles. The van der Waals surface area contributed by atoms with E-state index in [4.69, 9.17) is 4.84 Å². The van der Waals surface area contributed by atoms with Crippen LogP contribution in [0.5, 0.6) is 0 Å². The van der Waals surface area contributed by atoms with Crippen molar-refractivity contribution in [3.05, 3.63) is 66.2 Å². The van der Waals surface area contributed by atoms with E-state index in [1.807, 2.05) is 54.6 Å². The number of fused-ring (bicyclic) bond motifs is 1. The molecule has 3 rings (SSSR count). The van der Waals surface area contributed by atoms with E-state index in [0.717, 1.165) is 21.5 Å². The number of hydrogen-bond acceptors (Lipinski definition) is 3. The molecule has 3 aromatic rings. The highest BCUT2D eigenvalue weighted by Gasteiger charge is 2.18. The largest absolute Gasteiger partial charge is 0.339 e. The lowest BCUT2D eigenvalue weighted by Crippen LogP contribution is -2.32. The molecule has 5 nitrogen and oxygen atoms in total. The van der Waals surface area contributed by atoms with Crippen molar-refractivity contribution in [2.24, 2.45) is 0 Å². The Morgan fingerprint density at radius 1 is 1.09 bits per heavy atom. The van der Waals surface area contributed by atoms with Crippen LogP contribution in [0.25, 0.3) is 10.9 Å². The predicted molar refractivity (Wildman–Crippen MR) is 83.1 cm³/mol. The summed E-state index contributed by atoms with van der Waals surface area (Å²) in [5, 5.41) is 1.92. The predicted octanol–water partition coefficient (Wildman–Crippen LogP) is 2.83. The number of hydroxylamine groups is 1. The second-order valence-corrected chi connectivity index (χ2v) is 4.75. The number of aromatic nitrogens is 1. The Labute approximate surface area is 127 Å². The van der Waals surface area contributed by atoms with Crippen molar-refractivity contribution in [2.75, 3.05) is 5.06 Å². The van der Waals surface area contributed by atoms with Gasteiger partial charge in [-0.15, -0.1) is 0 Å². The quantitative estimate of drug-likeness (QED) is 0.447. The third kappa shape index (κ3) is 2.89. The van der Waals surface area contributed by atoms with Gasteiger partial charge in [0.05, 0.1) is 0 Å². The minimum Gasteiger partial charge on any atom is -0.339 e. The molecule has 1 amide bonds. The number of anilines is 1. The normalized spacial score (nSPS) is 10.5. The fourth-order valence-electron chi connectivity index (χ4n) is 2.18. The highest BCUT2D eigenvalue weighted by molar-refractivity contribution is 6.29. The van der Waals surface area contributed by atoms with Crippen molar-refractivity contribution in [3.63, 3.8) is 0 Å². The Bertz CT molecular complexity index is 763. The van der Waals surface area contributed by atoms with Crippen LogP contribution in [-0.4, -0.2) is 17.2 Å². The summed E-state index contributed by atoms with van der Waals surface area (Å²) in [6.07, 6.45) is 0.233. The lowest BCUT2D eigenvalue weighted by atomic mass is 10.2. The Kier molecular flexibility index (Phi) is 3.98. The maximum atomic E-state index is 11.8. The van der Waals surface area contributed by atoms with Crippen LogP contribution in [0.2, 0.25) is 0 Å². The summed E-state index contributed by atoms with van der Waals surface area (Å²) >= 11 is 0. The standard InChI is InChI=1S/C17H14N2O3/c20-11-17(21)19(22-12-13-6-2-1-3-7-13)16-10-14-8-4-5-9-15(14)18-16/h1-11,18H,12H2. The fraction of sp³-hybridized carbons (Fsp3) is 0.0588. The van der Waals surface area contributed by atoms with Crippen molar-refractivity contribution in [1.82, 2.24) is 4.98 Å². The maximum Gasteiger partial charge on any atom is 0.316 e. The SMILES string of the molecule is O=CC(=O)N(OCc1ccccc1)c1cc2ccccc2[nH]1. The van der Waals surface area contributed by atoms with Crippen LogP contribution in [0, 0.1) is 0 Å². The summed E-state index contributed by atoms with van der Waals surface area (Å²) in [5.41, 5.74) is 1.77. The van der Waals surface area contributed by atoms with Gasteiger partial charge in [0.25, 0.3) is 0 Å². The molecule has 2 aromatic carbocycles. The topological polar surface area (TPSA) is 62.4 Å². The third-order valence-corrected chi connectivity index (χ3v) is 3.24. The van der Waals surface area contributed by atoms with Gasteiger partial charge in [-0.2, -0.15) is 5.06 Å². The van der Waals surface area contributed by atoms with Crippen molar-refractivity contribution < 1.29 is 14.4 Å². The first-order chi connectivity index (χ1) is 10.8. The molecule has 0 spiro atoms. The molecule has 0 radical (unpaired) electrons. The number of H-pyrrole nitrogens is 1. The van der Waals surface area contributed by atoms with E-state index in [0.29, 0.717) is 5.82 Å². The second-order valence-electron chi connectivity index (χ2n) is 4.75. The summed E-state index contributed by atoms with van der Waals surface area (Å²) in [7, 11) is 0. The number of nitrogens with one attached hydrogen (secondary N) is 1. The number of benzene rings is 2. The molecule has 0 aliphatic heterocycles. The van der Waals surface area contributed by atoms with E-state index in [9.17, 15) is 9.59 Å². The number of rotatable bonds is 5. The van der Waals surface area contributed by atoms with Crippen LogP contribution in [-0.2, 0) is 21.0 Å². The summed E-state index contributed by atoms with van der Waals surface area (Å²) in [5.74, 6) is -0.336. The molecule has 1 aromatic heterocycles. The van der Waals surface area contributed by atoms with Gasteiger partial charge in [-0.1, -0.05) is 48.5 Å². The maximum absolute atomic E-state index is 11.8. The average molecular weight is 294 g/mol. The van der Waals surface area contributed by atoms with E-state index in [1.165, 1.54) is 0 Å². The van der Waals surface area contributed by atoms with E-state index in [2.05, 4.69) is 4.98 Å². The highest BCUT2D eigenvalue weighted by atomic mass is 16.7. The Balaban J connectivity index is 1.86. The number of para-hydroxylation sites is 1. The van der Waals surface area contributed by atoms with Gasteiger partial charge in [-0.3, -0.25) is 14.4 Å². The monoisotopic (exact) mass is 294 g/mol. The molecule has 0 unspecified atom stereocenters. The van der Waals surface area contributed by atoms with E-state index in [-0.39, 0.29) is 12.9 Å². The third-order valence-electron chi connectivity index (χ3n) is 3.24. The zero-order chi connectivity index (χ0) is 15.4. The molecule has 0 fully saturated rings. The summed E-state index contributed by atoms with van der Waals surface area (Å²) < 4.78 is 0. The first kappa shape index (κ1) is 14.0. The van der Waals surface area contributed by atoms with Crippen molar-refractivity contribution in [2.45, 2.75) is 6.61 Å². The summed E-state index contributed by atoms with van der Waals surface area (Å²) in [4.78, 5) is 31.3. The zero-order valence-corrected chi connectivity index (χ0v) is 11.7. The molecule has 0 saturated carbocycles. The fourth-order valence-corrected chi connectivity index (χ4v) is 2.18. The number of nitrogens with zero attached hydrogens (tertiary/aromatic N) is 1. The molecule has 5 heteroatoms. The van der Waals surface area contributed by atoms with E-state index >= 15 is 0 Å². The van der Waals surface area contributed by atoms with Crippen LogP contribution in [0.15, 0.2) is 60.7 Å². The van der Waals surface area contributed by atoms with Gasteiger partial charge in [0.2, 0.25) is 6.29 Å². The molecular formula is C17H14N2O3. The van der Waals surface area contributed by atoms with Gasteiger partial charge < -0.3 is 4.98 Å². The first-order valence-corrected chi connectivity index (χ1v) is 6.82. The van der Waals surface area contributed by atoms with Crippen molar-refractivity contribution in [3.8, 4) is 0 Å². The first-order valence-electron chi connectivity index (χ1n) is 6.82. The van der Waals surface area contributed by atoms with Gasteiger partial charge in [0.15, 0.2) is 0 Å². The van der Waals surface area contributed by atoms with Gasteiger partial charge >= 0.3 is 5.91 Å². The number of aldehydes is 1. The molecule has 0 saturated heterocycles. The molecule has 110 valence electrons.